The van der Waals surface area contributed by atoms with E-state index in [4.69, 9.17) is 0 Å². The molecule has 3 unspecified atom stereocenters. The van der Waals surface area contributed by atoms with Gasteiger partial charge in [0.15, 0.2) is 0 Å². The quantitative estimate of drug-likeness (QED) is 0.872. The van der Waals surface area contributed by atoms with Crippen LogP contribution in [-0.4, -0.2) is 17.6 Å². The lowest BCUT2D eigenvalue weighted by Crippen LogP contribution is -2.34. The Morgan fingerprint density at radius 3 is 2.63 bits per heavy atom. The van der Waals surface area contributed by atoms with Gasteiger partial charge in [-0.2, -0.15) is 0 Å². The average molecular weight is 259 g/mol. The molecule has 3 atom stereocenters. The first kappa shape index (κ1) is 12.5. The summed E-state index contributed by atoms with van der Waals surface area (Å²) in [5.74, 6) is 2.29. The molecule has 2 N–H and O–H groups in total. The van der Waals surface area contributed by atoms with Crippen molar-refractivity contribution in [2.24, 2.45) is 17.8 Å². The van der Waals surface area contributed by atoms with Crippen molar-refractivity contribution in [3.05, 3.63) is 29.8 Å². The molecule has 3 heteroatoms. The molecule has 0 heterocycles. The molecule has 1 aromatic carbocycles. The van der Waals surface area contributed by atoms with Crippen LogP contribution in [0.2, 0.25) is 0 Å². The minimum atomic E-state index is 0.256. The molecule has 0 aliphatic heterocycles. The third-order valence-corrected chi connectivity index (χ3v) is 4.72. The Hall–Kier alpha value is -1.51. The van der Waals surface area contributed by atoms with Crippen LogP contribution in [0.15, 0.2) is 24.3 Å². The minimum absolute atomic E-state index is 0.256. The van der Waals surface area contributed by atoms with Crippen LogP contribution in [0.5, 0.6) is 5.75 Å². The molecule has 2 fully saturated rings. The van der Waals surface area contributed by atoms with Gasteiger partial charge >= 0.3 is 0 Å². The van der Waals surface area contributed by atoms with Crippen LogP contribution in [0, 0.1) is 17.8 Å². The molecule has 0 radical (unpaired) electrons. The number of aromatic hydroxyl groups is 1. The van der Waals surface area contributed by atoms with E-state index in [-0.39, 0.29) is 17.6 Å². The highest BCUT2D eigenvalue weighted by Crippen LogP contribution is 2.48. The lowest BCUT2D eigenvalue weighted by atomic mass is 9.88. The van der Waals surface area contributed by atoms with E-state index >= 15 is 0 Å². The van der Waals surface area contributed by atoms with Gasteiger partial charge in [0.2, 0.25) is 5.91 Å². The van der Waals surface area contributed by atoms with E-state index < -0.39 is 0 Å². The number of nitrogens with one attached hydrogen (secondary N) is 1. The maximum absolute atomic E-state index is 12.1. The lowest BCUT2D eigenvalue weighted by molar-refractivity contribution is -0.126. The van der Waals surface area contributed by atoms with Crippen LogP contribution in [0.4, 0.5) is 0 Å². The molecule has 2 aliphatic carbocycles. The summed E-state index contributed by atoms with van der Waals surface area (Å²) < 4.78 is 0. The highest BCUT2D eigenvalue weighted by Gasteiger charge is 2.42. The topological polar surface area (TPSA) is 49.3 Å². The molecule has 2 bridgehead atoms. The second-order valence-electron chi connectivity index (χ2n) is 5.99. The average Bonchev–Trinajstić information content (AvgIpc) is 3.03. The Morgan fingerprint density at radius 1 is 1.21 bits per heavy atom. The van der Waals surface area contributed by atoms with E-state index in [9.17, 15) is 9.90 Å². The van der Waals surface area contributed by atoms with Gasteiger partial charge < -0.3 is 10.4 Å². The maximum Gasteiger partial charge on any atom is 0.223 e. The first-order valence-electron chi connectivity index (χ1n) is 7.28. The summed E-state index contributed by atoms with van der Waals surface area (Å²) >= 11 is 0. The van der Waals surface area contributed by atoms with Crippen molar-refractivity contribution in [1.29, 1.82) is 0 Å². The predicted molar refractivity (Wildman–Crippen MR) is 73.8 cm³/mol. The van der Waals surface area contributed by atoms with Crippen LogP contribution in [0.1, 0.15) is 31.2 Å². The van der Waals surface area contributed by atoms with Gasteiger partial charge in [-0.25, -0.2) is 0 Å². The molecule has 3 nitrogen and oxygen atoms in total. The molecule has 3 rings (SSSR count). The van der Waals surface area contributed by atoms with Gasteiger partial charge in [-0.15, -0.1) is 0 Å². The highest BCUT2D eigenvalue weighted by molar-refractivity contribution is 5.79. The minimum Gasteiger partial charge on any atom is -0.508 e. The molecular formula is C16H21NO2. The number of fused-ring (bicyclic) bond motifs is 2. The molecule has 0 aromatic heterocycles. The number of rotatable bonds is 4. The van der Waals surface area contributed by atoms with Gasteiger partial charge in [0.1, 0.15) is 5.75 Å². The summed E-state index contributed by atoms with van der Waals surface area (Å²) in [6.45, 7) is 0.692. The molecule has 1 aromatic rings. The number of phenolic OH excluding ortho intramolecular Hbond substituents is 1. The Kier molecular flexibility index (Phi) is 3.45. The summed E-state index contributed by atoms with van der Waals surface area (Å²) in [5, 5.41) is 12.3. The van der Waals surface area contributed by atoms with Crippen LogP contribution in [0.25, 0.3) is 0 Å². The van der Waals surface area contributed by atoms with Gasteiger partial charge in [0.25, 0.3) is 0 Å². The number of benzene rings is 1. The zero-order chi connectivity index (χ0) is 13.2. The third kappa shape index (κ3) is 2.75. The predicted octanol–water partition coefficient (Wildman–Crippen LogP) is 2.49. The Labute approximate surface area is 114 Å². The molecule has 2 saturated carbocycles. The highest BCUT2D eigenvalue weighted by atomic mass is 16.3. The van der Waals surface area contributed by atoms with Crippen molar-refractivity contribution < 1.29 is 9.90 Å². The lowest BCUT2D eigenvalue weighted by Gasteiger charge is -2.20. The van der Waals surface area contributed by atoms with E-state index in [1.165, 1.54) is 19.3 Å². The zero-order valence-electron chi connectivity index (χ0n) is 11.1. The SMILES string of the molecule is O=C(NCCc1ccc(O)cc1)C1CC2CCC1C2. The summed E-state index contributed by atoms with van der Waals surface area (Å²) in [7, 11) is 0. The zero-order valence-corrected chi connectivity index (χ0v) is 11.1. The Morgan fingerprint density at radius 2 is 2.00 bits per heavy atom. The standard InChI is InChI=1S/C16H21NO2/c18-14-5-2-11(3-6-14)7-8-17-16(19)15-10-12-1-4-13(15)9-12/h2-3,5-6,12-13,15,18H,1,4,7-10H2,(H,17,19). The third-order valence-electron chi connectivity index (χ3n) is 4.72. The largest absolute Gasteiger partial charge is 0.508 e. The second-order valence-corrected chi connectivity index (χ2v) is 5.99. The normalized spacial score (nSPS) is 28.5. The molecule has 1 amide bonds. The summed E-state index contributed by atoms with van der Waals surface area (Å²) in [4.78, 5) is 12.1. The van der Waals surface area contributed by atoms with E-state index in [2.05, 4.69) is 5.32 Å². The van der Waals surface area contributed by atoms with Gasteiger partial charge in [-0.05, 0) is 55.2 Å². The van der Waals surface area contributed by atoms with E-state index in [1.54, 1.807) is 12.1 Å². The van der Waals surface area contributed by atoms with Gasteiger partial charge in [0, 0.05) is 12.5 Å². The number of amides is 1. The summed E-state index contributed by atoms with van der Waals surface area (Å²) in [5.41, 5.74) is 1.14. The smallest absolute Gasteiger partial charge is 0.223 e. The number of hydrogen-bond donors (Lipinski definition) is 2. The molecule has 0 spiro atoms. The number of phenols is 1. The number of carbonyl (C=O) groups is 1. The fourth-order valence-corrected chi connectivity index (χ4v) is 3.69. The van der Waals surface area contributed by atoms with Crippen LogP contribution < -0.4 is 5.32 Å². The summed E-state index contributed by atoms with van der Waals surface area (Å²) in [6.07, 6.45) is 5.79. The number of carbonyl (C=O) groups excluding carboxylic acids is 1. The van der Waals surface area contributed by atoms with E-state index in [0.29, 0.717) is 12.5 Å². The van der Waals surface area contributed by atoms with Crippen LogP contribution in [0.3, 0.4) is 0 Å². The fraction of sp³-hybridized carbons (Fsp3) is 0.562. The molecule has 19 heavy (non-hydrogen) atoms. The van der Waals surface area contributed by atoms with Crippen LogP contribution in [-0.2, 0) is 11.2 Å². The Balaban J connectivity index is 1.45. The fourth-order valence-electron chi connectivity index (χ4n) is 3.69. The Bertz CT molecular complexity index is 454. The molecule has 2 aliphatic rings. The van der Waals surface area contributed by atoms with Crippen molar-refractivity contribution in [2.45, 2.75) is 32.1 Å². The summed E-state index contributed by atoms with van der Waals surface area (Å²) in [6, 6.07) is 7.18. The van der Waals surface area contributed by atoms with Crippen molar-refractivity contribution in [2.75, 3.05) is 6.54 Å². The maximum atomic E-state index is 12.1. The molecule has 0 saturated heterocycles. The van der Waals surface area contributed by atoms with E-state index in [1.807, 2.05) is 12.1 Å². The van der Waals surface area contributed by atoms with Gasteiger partial charge in [0.05, 0.1) is 0 Å². The first-order valence-corrected chi connectivity index (χ1v) is 7.28. The van der Waals surface area contributed by atoms with E-state index in [0.717, 1.165) is 24.3 Å². The van der Waals surface area contributed by atoms with Gasteiger partial charge in [-0.3, -0.25) is 4.79 Å². The van der Waals surface area contributed by atoms with Crippen molar-refractivity contribution >= 4 is 5.91 Å². The first-order chi connectivity index (χ1) is 9.22. The second kappa shape index (κ2) is 5.24. The van der Waals surface area contributed by atoms with Crippen LogP contribution >= 0.6 is 0 Å². The van der Waals surface area contributed by atoms with Gasteiger partial charge in [-0.1, -0.05) is 18.6 Å². The van der Waals surface area contributed by atoms with Crippen molar-refractivity contribution in [1.82, 2.24) is 5.32 Å². The van der Waals surface area contributed by atoms with Crippen molar-refractivity contribution in [3.8, 4) is 5.75 Å². The molecule has 102 valence electrons. The van der Waals surface area contributed by atoms with Crippen molar-refractivity contribution in [3.63, 3.8) is 0 Å². The number of hydrogen-bond acceptors (Lipinski definition) is 2. The monoisotopic (exact) mass is 259 g/mol. The molecular weight excluding hydrogens is 238 g/mol.